The van der Waals surface area contributed by atoms with Gasteiger partial charge in [-0.15, -0.1) is 0 Å². The molecule has 0 spiro atoms. The minimum Gasteiger partial charge on any atom is -0.618 e. The number of hydrogen-bond acceptors (Lipinski definition) is 6. The molecule has 4 aromatic rings. The van der Waals surface area contributed by atoms with E-state index in [4.69, 9.17) is 4.74 Å². The van der Waals surface area contributed by atoms with E-state index in [9.17, 15) is 22.8 Å². The molecule has 32 heavy (non-hydrogen) atoms. The quantitative estimate of drug-likeness (QED) is 0.292. The van der Waals surface area contributed by atoms with Crippen molar-refractivity contribution >= 4 is 27.9 Å². The van der Waals surface area contributed by atoms with Crippen LogP contribution in [0, 0.1) is 11.0 Å². The van der Waals surface area contributed by atoms with E-state index < -0.39 is 17.7 Å². The van der Waals surface area contributed by atoms with Crippen molar-refractivity contribution in [2.45, 2.75) is 25.1 Å². The molecule has 1 fully saturated rings. The molecule has 8 nitrogen and oxygen atoms in total. The van der Waals surface area contributed by atoms with Crippen LogP contribution < -0.4 is 14.4 Å². The maximum Gasteiger partial charge on any atom is 0.478 e. The number of aromatic nitrogens is 5. The molecule has 0 bridgehead atoms. The van der Waals surface area contributed by atoms with Crippen LogP contribution in [-0.2, 0) is 6.18 Å². The molecule has 0 aliphatic carbocycles. The fraction of sp³-hybridized carbons (Fsp3) is 0.300. The van der Waals surface area contributed by atoms with Crippen LogP contribution in [-0.4, -0.2) is 39.1 Å². The summed E-state index contributed by atoms with van der Waals surface area (Å²) in [4.78, 5) is 17.5. The van der Waals surface area contributed by atoms with Crippen LogP contribution in [0.25, 0.3) is 22.1 Å². The van der Waals surface area contributed by atoms with Crippen molar-refractivity contribution in [1.29, 1.82) is 0 Å². The number of benzene rings is 1. The fourth-order valence-electron chi connectivity index (χ4n) is 4.03. The number of pyridine rings is 1. The predicted molar refractivity (Wildman–Crippen MR) is 105 cm³/mol. The van der Waals surface area contributed by atoms with Gasteiger partial charge < -0.3 is 19.8 Å². The molecule has 1 atom stereocenters. The lowest BCUT2D eigenvalue weighted by atomic mass is 10.1. The van der Waals surface area contributed by atoms with Crippen molar-refractivity contribution in [2.24, 2.45) is 0 Å². The first kappa shape index (κ1) is 20.2. The van der Waals surface area contributed by atoms with Crippen molar-refractivity contribution in [1.82, 2.24) is 19.9 Å². The van der Waals surface area contributed by atoms with E-state index in [2.05, 4.69) is 19.9 Å². The van der Waals surface area contributed by atoms with Gasteiger partial charge in [0.15, 0.2) is 11.5 Å². The maximum absolute atomic E-state index is 13.8. The molecule has 0 radical (unpaired) electrons. The number of nitrogens with one attached hydrogen (secondary N) is 1. The number of hydrogen-bond donors (Lipinski definition) is 1. The van der Waals surface area contributed by atoms with Gasteiger partial charge in [0.2, 0.25) is 5.52 Å². The van der Waals surface area contributed by atoms with Crippen molar-refractivity contribution in [3.05, 3.63) is 53.6 Å². The number of ether oxygens (including phenoxy) is 1. The van der Waals surface area contributed by atoms with Crippen LogP contribution in [0.5, 0.6) is 5.75 Å². The Kier molecular flexibility index (Phi) is 4.72. The Morgan fingerprint density at radius 1 is 1.22 bits per heavy atom. The average Bonchev–Trinajstić information content (AvgIpc) is 3.41. The smallest absolute Gasteiger partial charge is 0.478 e. The molecule has 0 unspecified atom stereocenters. The minimum atomic E-state index is -4.89. The molecule has 12 heteroatoms. The topological polar surface area (TPSA) is 93.9 Å². The van der Waals surface area contributed by atoms with Crippen LogP contribution >= 0.6 is 0 Å². The number of alkyl halides is 3. The van der Waals surface area contributed by atoms with Gasteiger partial charge in [-0.1, -0.05) is 0 Å². The molecular weight excluding hydrogens is 432 g/mol. The Labute approximate surface area is 178 Å². The summed E-state index contributed by atoms with van der Waals surface area (Å²) >= 11 is 0. The van der Waals surface area contributed by atoms with Crippen LogP contribution in [0.1, 0.15) is 18.5 Å². The monoisotopic (exact) mass is 448 g/mol. The summed E-state index contributed by atoms with van der Waals surface area (Å²) in [5.74, 6) is -0.275. The Morgan fingerprint density at radius 3 is 2.88 bits per heavy atom. The van der Waals surface area contributed by atoms with Gasteiger partial charge in [-0.25, -0.2) is 19.3 Å². The number of H-pyrrole nitrogens is 1. The molecule has 0 amide bonds. The molecule has 166 valence electrons. The van der Waals surface area contributed by atoms with Gasteiger partial charge in [-0.3, -0.25) is 0 Å². The summed E-state index contributed by atoms with van der Waals surface area (Å²) in [6.45, 7) is 0.684. The molecule has 0 saturated carbocycles. The lowest BCUT2D eigenvalue weighted by molar-refractivity contribution is -0.602. The first-order valence-electron chi connectivity index (χ1n) is 9.79. The van der Waals surface area contributed by atoms with Gasteiger partial charge in [0.25, 0.3) is 0 Å². The zero-order valence-corrected chi connectivity index (χ0v) is 16.4. The summed E-state index contributed by atoms with van der Waals surface area (Å²) in [5, 5.41) is 12.2. The highest BCUT2D eigenvalue weighted by Gasteiger charge is 2.41. The Bertz CT molecular complexity index is 1310. The average molecular weight is 448 g/mol. The standard InChI is InChI=1S/C20H16F4N6O2/c21-11-3-4-14-13(6-11)15(7-16(30(14)31)20(22,23)24)32-8-12-2-1-5-29(12)19-17-18(26-9-25-17)27-10-28-19/h3-4,6-7,9-10,12H,1-2,5,8H2,(H,25,26,27,28)/t12-/m1/s1. The lowest BCUT2D eigenvalue weighted by Gasteiger charge is -2.26. The zero-order valence-electron chi connectivity index (χ0n) is 16.4. The highest BCUT2D eigenvalue weighted by molar-refractivity contribution is 5.84. The van der Waals surface area contributed by atoms with E-state index in [1.165, 1.54) is 12.7 Å². The molecule has 1 aliphatic heterocycles. The Balaban J connectivity index is 1.49. The SMILES string of the molecule is [O-][n+]1c(C(F)(F)F)cc(OC[C@H]2CCCN2c2ncnc3nc[nH]c23)c2cc(F)ccc21. The van der Waals surface area contributed by atoms with Crippen molar-refractivity contribution in [2.75, 3.05) is 18.1 Å². The second kappa shape index (κ2) is 7.46. The van der Waals surface area contributed by atoms with Crippen LogP contribution in [0.2, 0.25) is 0 Å². The summed E-state index contributed by atoms with van der Waals surface area (Å²) in [5.41, 5.74) is -0.598. The Morgan fingerprint density at radius 2 is 2.06 bits per heavy atom. The molecule has 1 aliphatic rings. The highest BCUT2D eigenvalue weighted by atomic mass is 19.4. The summed E-state index contributed by atoms with van der Waals surface area (Å²) in [6.07, 6.45) is -0.454. The summed E-state index contributed by atoms with van der Waals surface area (Å²) in [7, 11) is 0. The number of imidazole rings is 1. The minimum absolute atomic E-state index is 0.0193. The number of fused-ring (bicyclic) bond motifs is 2. The number of aromatic amines is 1. The largest absolute Gasteiger partial charge is 0.618 e. The third-order valence-electron chi connectivity index (χ3n) is 5.50. The van der Waals surface area contributed by atoms with Crippen molar-refractivity contribution in [3.8, 4) is 5.75 Å². The maximum atomic E-state index is 13.8. The van der Waals surface area contributed by atoms with Gasteiger partial charge in [0.1, 0.15) is 30.0 Å². The van der Waals surface area contributed by atoms with E-state index in [1.54, 1.807) is 0 Å². The Hall–Kier alpha value is -3.70. The first-order valence-corrected chi connectivity index (χ1v) is 9.79. The number of anilines is 1. The molecule has 3 aromatic heterocycles. The van der Waals surface area contributed by atoms with Gasteiger partial charge in [-0.2, -0.15) is 17.9 Å². The zero-order chi connectivity index (χ0) is 22.5. The first-order chi connectivity index (χ1) is 15.3. The predicted octanol–water partition coefficient (Wildman–Crippen LogP) is 3.35. The van der Waals surface area contributed by atoms with Crippen LogP contribution in [0.3, 0.4) is 0 Å². The van der Waals surface area contributed by atoms with E-state index >= 15 is 0 Å². The van der Waals surface area contributed by atoms with Gasteiger partial charge >= 0.3 is 11.9 Å². The van der Waals surface area contributed by atoms with Crippen LogP contribution in [0.4, 0.5) is 23.4 Å². The van der Waals surface area contributed by atoms with Gasteiger partial charge in [0.05, 0.1) is 23.8 Å². The highest BCUT2D eigenvalue weighted by Crippen LogP contribution is 2.34. The third-order valence-corrected chi connectivity index (χ3v) is 5.50. The summed E-state index contributed by atoms with van der Waals surface area (Å²) < 4.78 is 59.5. The van der Waals surface area contributed by atoms with Crippen molar-refractivity contribution in [3.63, 3.8) is 0 Å². The molecule has 1 saturated heterocycles. The molecule has 1 N–H and O–H groups in total. The van der Waals surface area contributed by atoms with Gasteiger partial charge in [0, 0.05) is 12.6 Å². The molecule has 5 rings (SSSR count). The second-order valence-corrected chi connectivity index (χ2v) is 7.45. The lowest BCUT2D eigenvalue weighted by Crippen LogP contribution is -2.38. The van der Waals surface area contributed by atoms with Crippen LogP contribution in [0.15, 0.2) is 36.9 Å². The number of nitrogens with zero attached hydrogens (tertiary/aromatic N) is 5. The molecule has 1 aromatic carbocycles. The number of rotatable bonds is 4. The van der Waals surface area contributed by atoms with Gasteiger partial charge in [-0.05, 0) is 25.0 Å². The normalized spacial score (nSPS) is 16.9. The fourth-order valence-corrected chi connectivity index (χ4v) is 4.03. The summed E-state index contributed by atoms with van der Waals surface area (Å²) in [6, 6.07) is 3.35. The van der Waals surface area contributed by atoms with E-state index in [0.717, 1.165) is 24.6 Å². The molecule has 4 heterocycles. The second-order valence-electron chi connectivity index (χ2n) is 7.45. The van der Waals surface area contributed by atoms with E-state index in [0.29, 0.717) is 36.0 Å². The number of halogens is 4. The van der Waals surface area contributed by atoms with E-state index in [-0.39, 0.29) is 34.0 Å². The third kappa shape index (κ3) is 3.41. The van der Waals surface area contributed by atoms with Crippen molar-refractivity contribution < 1.29 is 27.0 Å². The van der Waals surface area contributed by atoms with E-state index in [1.807, 2.05) is 4.90 Å². The molecular formula is C20H16F4N6O2.